The number of carboxylic acids is 1. The topological polar surface area (TPSA) is 161 Å². The van der Waals surface area contributed by atoms with Gasteiger partial charge in [0.05, 0.1) is 12.5 Å². The van der Waals surface area contributed by atoms with Gasteiger partial charge in [-0.1, -0.05) is 72.8 Å². The van der Waals surface area contributed by atoms with Gasteiger partial charge in [-0.05, 0) is 35.7 Å². The average Bonchev–Trinajstić information content (AvgIpc) is 3.01. The number of carbonyl (C=O) groups is 3. The largest absolute Gasteiger partial charge is 0.481 e. The Labute approximate surface area is 253 Å². The standard InChI is InChI=1S/C32H33N5O7/c1-22-18-37(19-27(16-28(38)39)35-32(42)44-21-25-10-6-3-7-11-25)30(40)36-29(22)33-17-23-12-14-26(15-13-23)34-31(41)43-20-24-8-4-2-5-9-24/h2-15,18,27H,16-17,19-21H2,1H3,(H,34,41)(H,35,42)(H,38,39)(H,33,36,40)/t27-/m1/s1. The van der Waals surface area contributed by atoms with Crippen LogP contribution >= 0.6 is 0 Å². The van der Waals surface area contributed by atoms with E-state index < -0.39 is 36.3 Å². The summed E-state index contributed by atoms with van der Waals surface area (Å²) >= 11 is 0. The number of benzene rings is 3. The molecule has 0 aliphatic heterocycles. The molecule has 2 amide bonds. The minimum Gasteiger partial charge on any atom is -0.481 e. The van der Waals surface area contributed by atoms with E-state index in [9.17, 15) is 24.3 Å². The first-order valence-corrected chi connectivity index (χ1v) is 13.8. The molecular formula is C32H33N5O7. The van der Waals surface area contributed by atoms with Gasteiger partial charge in [-0.15, -0.1) is 0 Å². The van der Waals surface area contributed by atoms with Gasteiger partial charge in [0.15, 0.2) is 0 Å². The molecule has 4 aromatic rings. The molecule has 4 N–H and O–H groups in total. The third-order valence-electron chi connectivity index (χ3n) is 6.42. The molecule has 1 atom stereocenters. The zero-order chi connectivity index (χ0) is 31.3. The van der Waals surface area contributed by atoms with Crippen LogP contribution in [-0.2, 0) is 40.6 Å². The first-order chi connectivity index (χ1) is 21.2. The van der Waals surface area contributed by atoms with E-state index in [1.165, 1.54) is 4.57 Å². The fraction of sp³-hybridized carbons (Fsp3) is 0.219. The lowest BCUT2D eigenvalue weighted by Gasteiger charge is -2.19. The fourth-order valence-electron chi connectivity index (χ4n) is 4.22. The summed E-state index contributed by atoms with van der Waals surface area (Å²) in [7, 11) is 0. The van der Waals surface area contributed by atoms with Gasteiger partial charge in [0.1, 0.15) is 19.0 Å². The van der Waals surface area contributed by atoms with Crippen molar-refractivity contribution in [1.82, 2.24) is 14.9 Å². The molecule has 228 valence electrons. The quantitative estimate of drug-likeness (QED) is 0.171. The van der Waals surface area contributed by atoms with Crippen molar-refractivity contribution in [1.29, 1.82) is 0 Å². The van der Waals surface area contributed by atoms with Gasteiger partial charge in [0.2, 0.25) is 0 Å². The average molecular weight is 600 g/mol. The Hall–Kier alpha value is -5.65. The Bertz CT molecular complexity index is 1610. The molecule has 1 aromatic heterocycles. The van der Waals surface area contributed by atoms with Gasteiger partial charge < -0.3 is 25.2 Å². The van der Waals surface area contributed by atoms with Crippen molar-refractivity contribution in [2.45, 2.75) is 45.7 Å². The summed E-state index contributed by atoms with van der Waals surface area (Å²) < 4.78 is 11.7. The lowest BCUT2D eigenvalue weighted by molar-refractivity contribution is -0.137. The second-order valence-corrected chi connectivity index (χ2v) is 9.95. The maximum Gasteiger partial charge on any atom is 0.411 e. The molecule has 0 radical (unpaired) electrons. The number of aromatic nitrogens is 2. The van der Waals surface area contributed by atoms with Crippen LogP contribution < -0.4 is 21.6 Å². The van der Waals surface area contributed by atoms with Gasteiger partial charge in [-0.25, -0.2) is 14.4 Å². The number of aliphatic carboxylic acids is 1. The second-order valence-electron chi connectivity index (χ2n) is 9.95. The van der Waals surface area contributed by atoms with Crippen LogP contribution in [0, 0.1) is 6.92 Å². The van der Waals surface area contributed by atoms with Crippen LogP contribution in [0.4, 0.5) is 21.1 Å². The van der Waals surface area contributed by atoms with Crippen molar-refractivity contribution in [2.75, 3.05) is 10.6 Å². The number of carbonyl (C=O) groups excluding carboxylic acids is 2. The molecule has 0 fully saturated rings. The number of carboxylic acid groups (broad SMARTS) is 1. The van der Waals surface area contributed by atoms with Gasteiger partial charge in [-0.3, -0.25) is 14.7 Å². The zero-order valence-corrected chi connectivity index (χ0v) is 24.1. The highest BCUT2D eigenvalue weighted by molar-refractivity contribution is 5.84. The number of rotatable bonds is 13. The highest BCUT2D eigenvalue weighted by atomic mass is 16.6. The monoisotopic (exact) mass is 599 g/mol. The smallest absolute Gasteiger partial charge is 0.411 e. The Balaban J connectivity index is 1.29. The van der Waals surface area contributed by atoms with E-state index in [-0.39, 0.29) is 19.8 Å². The van der Waals surface area contributed by atoms with E-state index in [2.05, 4.69) is 20.9 Å². The van der Waals surface area contributed by atoms with Gasteiger partial charge in [0.25, 0.3) is 0 Å². The molecular weight excluding hydrogens is 566 g/mol. The number of ether oxygens (including phenoxy) is 2. The maximum atomic E-state index is 12.8. The summed E-state index contributed by atoms with van der Waals surface area (Å²) in [6.45, 7) is 2.19. The summed E-state index contributed by atoms with van der Waals surface area (Å²) in [5, 5.41) is 17.7. The van der Waals surface area contributed by atoms with Crippen molar-refractivity contribution in [3.8, 4) is 0 Å². The van der Waals surface area contributed by atoms with E-state index in [0.29, 0.717) is 23.6 Å². The van der Waals surface area contributed by atoms with Crippen LogP contribution in [-0.4, -0.2) is 38.9 Å². The Morgan fingerprint density at radius 2 is 1.43 bits per heavy atom. The molecule has 0 bridgehead atoms. The molecule has 1 heterocycles. The van der Waals surface area contributed by atoms with E-state index in [4.69, 9.17) is 9.47 Å². The fourth-order valence-corrected chi connectivity index (χ4v) is 4.22. The molecule has 0 unspecified atom stereocenters. The van der Waals surface area contributed by atoms with E-state index in [1.54, 1.807) is 37.4 Å². The van der Waals surface area contributed by atoms with Crippen molar-refractivity contribution in [2.24, 2.45) is 0 Å². The molecule has 0 spiro atoms. The van der Waals surface area contributed by atoms with Crippen molar-refractivity contribution in [3.63, 3.8) is 0 Å². The van der Waals surface area contributed by atoms with Crippen molar-refractivity contribution < 1.29 is 29.0 Å². The van der Waals surface area contributed by atoms with Crippen LogP contribution in [0.25, 0.3) is 0 Å². The maximum absolute atomic E-state index is 12.8. The number of nitrogens with zero attached hydrogens (tertiary/aromatic N) is 2. The summed E-state index contributed by atoms with van der Waals surface area (Å²) in [6.07, 6.45) is -0.217. The summed E-state index contributed by atoms with van der Waals surface area (Å²) in [4.78, 5) is 52.7. The highest BCUT2D eigenvalue weighted by Crippen LogP contribution is 2.14. The van der Waals surface area contributed by atoms with Crippen LogP contribution in [0.3, 0.4) is 0 Å². The van der Waals surface area contributed by atoms with Crippen LogP contribution in [0.15, 0.2) is 95.9 Å². The Morgan fingerprint density at radius 3 is 2.02 bits per heavy atom. The number of hydrogen-bond acceptors (Lipinski definition) is 8. The third-order valence-corrected chi connectivity index (χ3v) is 6.42. The molecule has 4 rings (SSSR count). The number of alkyl carbamates (subject to hydrolysis) is 1. The lowest BCUT2D eigenvalue weighted by Crippen LogP contribution is -2.42. The third kappa shape index (κ3) is 10.0. The second kappa shape index (κ2) is 15.5. The normalized spacial score (nSPS) is 11.2. The van der Waals surface area contributed by atoms with Crippen LogP contribution in [0.5, 0.6) is 0 Å². The Morgan fingerprint density at radius 1 is 0.841 bits per heavy atom. The number of nitrogens with one attached hydrogen (secondary N) is 3. The number of anilines is 2. The summed E-state index contributed by atoms with van der Waals surface area (Å²) in [5.41, 5.74) is 3.14. The molecule has 0 aliphatic rings. The molecule has 44 heavy (non-hydrogen) atoms. The summed E-state index contributed by atoms with van der Waals surface area (Å²) in [6, 6.07) is 24.6. The number of hydrogen-bond donors (Lipinski definition) is 4. The molecule has 0 saturated carbocycles. The SMILES string of the molecule is Cc1cn(C[C@@H](CC(=O)O)NC(=O)OCc2ccccc2)c(=O)nc1NCc1ccc(NC(=O)OCc2ccccc2)cc1. The zero-order valence-electron chi connectivity index (χ0n) is 24.1. The van der Waals surface area contributed by atoms with Gasteiger partial charge in [0, 0.05) is 30.5 Å². The highest BCUT2D eigenvalue weighted by Gasteiger charge is 2.19. The van der Waals surface area contributed by atoms with Crippen LogP contribution in [0.1, 0.15) is 28.7 Å². The minimum absolute atomic E-state index is 0.0218. The number of amides is 2. The minimum atomic E-state index is -1.14. The predicted molar refractivity (Wildman–Crippen MR) is 163 cm³/mol. The lowest BCUT2D eigenvalue weighted by atomic mass is 10.2. The first-order valence-electron chi connectivity index (χ1n) is 13.8. The van der Waals surface area contributed by atoms with E-state index in [0.717, 1.165) is 16.7 Å². The predicted octanol–water partition coefficient (Wildman–Crippen LogP) is 4.68. The summed E-state index contributed by atoms with van der Waals surface area (Å²) in [5.74, 6) is -0.775. The molecule has 3 aromatic carbocycles. The molecule has 0 aliphatic carbocycles. The van der Waals surface area contributed by atoms with Gasteiger partial charge in [-0.2, -0.15) is 4.98 Å². The molecule has 0 saturated heterocycles. The van der Waals surface area contributed by atoms with E-state index >= 15 is 0 Å². The van der Waals surface area contributed by atoms with Crippen LogP contribution in [0.2, 0.25) is 0 Å². The first kappa shape index (κ1) is 31.3. The van der Waals surface area contributed by atoms with Crippen molar-refractivity contribution >= 4 is 29.7 Å². The van der Waals surface area contributed by atoms with E-state index in [1.807, 2.05) is 60.7 Å². The Kier molecular flexibility index (Phi) is 11.1. The molecule has 12 heteroatoms. The number of aryl methyl sites for hydroxylation is 1. The molecule has 12 nitrogen and oxygen atoms in total. The van der Waals surface area contributed by atoms with Crippen molar-refractivity contribution in [3.05, 3.63) is 124 Å². The van der Waals surface area contributed by atoms with Gasteiger partial charge >= 0.3 is 23.8 Å².